The first-order valence-corrected chi connectivity index (χ1v) is 10.6. The van der Waals surface area contributed by atoms with Gasteiger partial charge in [0.1, 0.15) is 11.4 Å². The predicted octanol–water partition coefficient (Wildman–Crippen LogP) is 3.33. The fraction of sp³-hybridized carbons (Fsp3) is 0.600. The van der Waals surface area contributed by atoms with Gasteiger partial charge in [-0.25, -0.2) is 9.78 Å². The lowest BCUT2D eigenvalue weighted by atomic mass is 9.95. The van der Waals surface area contributed by atoms with Gasteiger partial charge in [0.05, 0.1) is 0 Å². The third kappa shape index (κ3) is 8.39. The lowest BCUT2D eigenvalue weighted by Crippen LogP contribution is -2.41. The fourth-order valence-corrected chi connectivity index (χ4v) is 3.21. The zero-order valence-corrected chi connectivity index (χ0v) is 18.8. The largest absolute Gasteiger partial charge is 0.444 e. The topological polar surface area (TPSA) is 101 Å². The Bertz CT molecular complexity index is 710. The van der Waals surface area contributed by atoms with Gasteiger partial charge in [0, 0.05) is 42.6 Å². The molecule has 0 saturated carbocycles. The number of nitrogens with zero attached hydrogens (tertiary/aromatic N) is 2. The van der Waals surface area contributed by atoms with Crippen LogP contribution in [0.5, 0.6) is 0 Å². The van der Waals surface area contributed by atoms with Crippen molar-refractivity contribution in [3.05, 3.63) is 22.8 Å². The molecule has 1 aromatic rings. The molecule has 2 N–H and O–H groups in total. The number of rotatable bonds is 6. The van der Waals surface area contributed by atoms with Gasteiger partial charge < -0.3 is 20.3 Å². The van der Waals surface area contributed by atoms with Crippen molar-refractivity contribution in [2.45, 2.75) is 52.1 Å². The zero-order chi connectivity index (χ0) is 21.4. The van der Waals surface area contributed by atoms with E-state index in [9.17, 15) is 14.4 Å². The molecule has 0 aliphatic carbocycles. The van der Waals surface area contributed by atoms with E-state index in [0.717, 1.165) is 4.47 Å². The van der Waals surface area contributed by atoms with Gasteiger partial charge in [-0.15, -0.1) is 0 Å². The van der Waals surface area contributed by atoms with Gasteiger partial charge in [0.15, 0.2) is 0 Å². The summed E-state index contributed by atoms with van der Waals surface area (Å²) in [5, 5.41) is 5.48. The molecule has 9 heteroatoms. The van der Waals surface area contributed by atoms with Crippen LogP contribution in [0.2, 0.25) is 0 Å². The Morgan fingerprint density at radius 3 is 2.52 bits per heavy atom. The number of hydrogen-bond acceptors (Lipinski definition) is 5. The summed E-state index contributed by atoms with van der Waals surface area (Å²) < 4.78 is 6.00. The molecule has 3 amide bonds. The highest BCUT2D eigenvalue weighted by molar-refractivity contribution is 9.10. The van der Waals surface area contributed by atoms with E-state index in [4.69, 9.17) is 4.74 Å². The lowest BCUT2D eigenvalue weighted by Gasteiger charge is -2.31. The van der Waals surface area contributed by atoms with Crippen LogP contribution >= 0.6 is 15.9 Å². The first kappa shape index (κ1) is 23.1. The van der Waals surface area contributed by atoms with Crippen LogP contribution in [0, 0.1) is 5.92 Å². The number of nitrogens with one attached hydrogen (secondary N) is 2. The molecule has 0 atom stereocenters. The van der Waals surface area contributed by atoms with Crippen LogP contribution in [0.4, 0.5) is 10.6 Å². The van der Waals surface area contributed by atoms with Gasteiger partial charge in [0.25, 0.3) is 0 Å². The van der Waals surface area contributed by atoms with Crippen LogP contribution in [0.1, 0.15) is 46.5 Å². The van der Waals surface area contributed by atoms with Crippen molar-refractivity contribution in [2.75, 3.05) is 25.0 Å². The second-order valence-corrected chi connectivity index (χ2v) is 8.95. The average Bonchev–Trinajstić information content (AvgIpc) is 2.65. The molecule has 2 rings (SSSR count). The maximum absolute atomic E-state index is 12.4. The molecule has 1 saturated heterocycles. The summed E-state index contributed by atoms with van der Waals surface area (Å²) >= 11 is 3.31. The fourth-order valence-electron chi connectivity index (χ4n) is 2.97. The summed E-state index contributed by atoms with van der Waals surface area (Å²) in [4.78, 5) is 42.2. The van der Waals surface area contributed by atoms with E-state index in [1.165, 1.54) is 0 Å². The number of likely N-dealkylation sites (tertiary alicyclic amines) is 1. The number of pyridine rings is 1. The molecule has 29 heavy (non-hydrogen) atoms. The van der Waals surface area contributed by atoms with Crippen LogP contribution < -0.4 is 10.6 Å². The normalized spacial score (nSPS) is 15.0. The number of ether oxygens (including phenoxy) is 1. The van der Waals surface area contributed by atoms with Gasteiger partial charge in [0.2, 0.25) is 11.8 Å². The minimum Gasteiger partial charge on any atom is -0.444 e. The molecular formula is C20H29BrN4O4. The summed E-state index contributed by atoms with van der Waals surface area (Å²) in [6, 6.07) is 3.56. The summed E-state index contributed by atoms with van der Waals surface area (Å²) in [5.74, 6) is 0.380. The lowest BCUT2D eigenvalue weighted by molar-refractivity contribution is -0.134. The van der Waals surface area contributed by atoms with E-state index in [-0.39, 0.29) is 17.7 Å². The highest BCUT2D eigenvalue weighted by Gasteiger charge is 2.27. The molecule has 1 fully saturated rings. The van der Waals surface area contributed by atoms with Crippen LogP contribution in [0.3, 0.4) is 0 Å². The van der Waals surface area contributed by atoms with E-state index in [1.54, 1.807) is 37.9 Å². The van der Waals surface area contributed by atoms with Gasteiger partial charge >= 0.3 is 6.09 Å². The number of alkyl carbamates (subject to hydrolysis) is 1. The van der Waals surface area contributed by atoms with Crippen LogP contribution in [0.15, 0.2) is 22.8 Å². The van der Waals surface area contributed by atoms with Gasteiger partial charge in [-0.1, -0.05) is 0 Å². The van der Waals surface area contributed by atoms with E-state index in [0.29, 0.717) is 51.1 Å². The van der Waals surface area contributed by atoms with Crippen molar-refractivity contribution in [2.24, 2.45) is 5.92 Å². The summed E-state index contributed by atoms with van der Waals surface area (Å²) in [6.07, 6.45) is 3.32. The Morgan fingerprint density at radius 2 is 1.93 bits per heavy atom. The number of hydrogen-bond donors (Lipinski definition) is 2. The maximum atomic E-state index is 12.4. The van der Waals surface area contributed by atoms with Crippen LogP contribution in [0.25, 0.3) is 0 Å². The molecule has 2 heterocycles. The molecule has 0 radical (unpaired) electrons. The highest BCUT2D eigenvalue weighted by Crippen LogP contribution is 2.20. The number of amides is 3. The average molecular weight is 469 g/mol. The standard InChI is InChI=1S/C20H29BrN4O4/c1-20(2,3)29-19(28)22-10-4-5-17(26)25-11-8-14(9-12-25)18(27)24-16-7-6-15(21)13-23-16/h6-7,13-14H,4-5,8-12H2,1-3H3,(H,22,28)(H,23,24,27). The van der Waals surface area contributed by atoms with E-state index < -0.39 is 11.7 Å². The maximum Gasteiger partial charge on any atom is 0.407 e. The molecule has 8 nitrogen and oxygen atoms in total. The monoisotopic (exact) mass is 468 g/mol. The molecule has 1 aromatic heterocycles. The number of carbonyl (C=O) groups excluding carboxylic acids is 3. The number of aromatic nitrogens is 1. The zero-order valence-electron chi connectivity index (χ0n) is 17.2. The van der Waals surface area contributed by atoms with Gasteiger partial charge in [-0.05, 0) is 68.1 Å². The van der Waals surface area contributed by atoms with Crippen molar-refractivity contribution in [3.8, 4) is 0 Å². The molecule has 1 aliphatic heterocycles. The smallest absolute Gasteiger partial charge is 0.407 e. The summed E-state index contributed by atoms with van der Waals surface area (Å²) in [5.41, 5.74) is -0.538. The second kappa shape index (κ2) is 10.6. The molecule has 1 aliphatic rings. The highest BCUT2D eigenvalue weighted by atomic mass is 79.9. The molecule has 0 bridgehead atoms. The Hall–Kier alpha value is -2.16. The Kier molecular flexibility index (Phi) is 8.43. The molecule has 0 spiro atoms. The quantitative estimate of drug-likeness (QED) is 0.623. The number of piperidine rings is 1. The van der Waals surface area contributed by atoms with Crippen LogP contribution in [-0.2, 0) is 14.3 Å². The second-order valence-electron chi connectivity index (χ2n) is 8.04. The third-order valence-electron chi connectivity index (χ3n) is 4.43. The summed E-state index contributed by atoms with van der Waals surface area (Å²) in [7, 11) is 0. The Morgan fingerprint density at radius 1 is 1.24 bits per heavy atom. The number of halogens is 1. The number of anilines is 1. The molecular weight excluding hydrogens is 440 g/mol. The molecule has 0 unspecified atom stereocenters. The predicted molar refractivity (Wildman–Crippen MR) is 113 cm³/mol. The van der Waals surface area contributed by atoms with Gasteiger partial charge in [-0.2, -0.15) is 0 Å². The van der Waals surface area contributed by atoms with Gasteiger partial charge in [-0.3, -0.25) is 9.59 Å². The van der Waals surface area contributed by atoms with E-state index in [1.807, 2.05) is 6.07 Å². The Balaban J connectivity index is 1.65. The van der Waals surface area contributed by atoms with Crippen LogP contribution in [-0.4, -0.2) is 53.0 Å². The minimum atomic E-state index is -0.538. The van der Waals surface area contributed by atoms with Crippen molar-refractivity contribution >= 4 is 39.7 Å². The first-order valence-electron chi connectivity index (χ1n) is 9.81. The van der Waals surface area contributed by atoms with E-state index in [2.05, 4.69) is 31.5 Å². The van der Waals surface area contributed by atoms with Crippen molar-refractivity contribution < 1.29 is 19.1 Å². The third-order valence-corrected chi connectivity index (χ3v) is 4.90. The molecule has 160 valence electrons. The summed E-state index contributed by atoms with van der Waals surface area (Å²) in [6.45, 7) is 6.91. The van der Waals surface area contributed by atoms with Crippen molar-refractivity contribution in [3.63, 3.8) is 0 Å². The SMILES string of the molecule is CC(C)(C)OC(=O)NCCCC(=O)N1CCC(C(=O)Nc2ccc(Br)cn2)CC1. The van der Waals surface area contributed by atoms with Crippen molar-refractivity contribution in [1.82, 2.24) is 15.2 Å². The first-order chi connectivity index (χ1) is 13.6. The minimum absolute atomic E-state index is 0.0458. The van der Waals surface area contributed by atoms with Crippen molar-refractivity contribution in [1.29, 1.82) is 0 Å². The Labute approximate surface area is 179 Å². The molecule has 0 aromatic carbocycles. The van der Waals surface area contributed by atoms with E-state index >= 15 is 0 Å². The number of carbonyl (C=O) groups is 3.